The van der Waals surface area contributed by atoms with Crippen molar-refractivity contribution in [2.45, 2.75) is 33.3 Å². The number of H-pyrrole nitrogens is 1. The van der Waals surface area contributed by atoms with Crippen molar-refractivity contribution >= 4 is 10.9 Å². The average molecular weight is 232 g/mol. The van der Waals surface area contributed by atoms with Crippen LogP contribution in [0.1, 0.15) is 25.1 Å². The number of ether oxygens (including phenoxy) is 1. The van der Waals surface area contributed by atoms with E-state index in [-0.39, 0.29) is 6.10 Å². The molecule has 0 aliphatic rings. The first kappa shape index (κ1) is 12.0. The van der Waals surface area contributed by atoms with E-state index in [1.807, 2.05) is 19.9 Å². The molecular formula is C14H20N2O. The third-order valence-corrected chi connectivity index (χ3v) is 2.90. The highest BCUT2D eigenvalue weighted by molar-refractivity contribution is 5.85. The van der Waals surface area contributed by atoms with E-state index in [9.17, 15) is 0 Å². The Hall–Kier alpha value is -1.48. The molecule has 2 aromatic rings. The highest BCUT2D eigenvalue weighted by atomic mass is 16.5. The van der Waals surface area contributed by atoms with Crippen LogP contribution in [0.3, 0.4) is 0 Å². The van der Waals surface area contributed by atoms with Crippen molar-refractivity contribution in [3.05, 3.63) is 29.5 Å². The number of rotatable bonds is 4. The zero-order valence-corrected chi connectivity index (χ0v) is 10.7. The van der Waals surface area contributed by atoms with E-state index < -0.39 is 0 Å². The fraction of sp³-hybridized carbons (Fsp3) is 0.429. The Kier molecular flexibility index (Phi) is 3.38. The zero-order valence-electron chi connectivity index (χ0n) is 10.7. The largest absolute Gasteiger partial charge is 0.491 e. The molecule has 3 heteroatoms. The number of hydrogen-bond acceptors (Lipinski definition) is 2. The van der Waals surface area contributed by atoms with Crippen LogP contribution >= 0.6 is 0 Å². The summed E-state index contributed by atoms with van der Waals surface area (Å²) in [4.78, 5) is 3.41. The van der Waals surface area contributed by atoms with Gasteiger partial charge >= 0.3 is 0 Å². The molecule has 0 atom stereocenters. The third kappa shape index (κ3) is 2.44. The van der Waals surface area contributed by atoms with E-state index in [1.165, 1.54) is 16.6 Å². The van der Waals surface area contributed by atoms with Gasteiger partial charge < -0.3 is 15.5 Å². The second-order valence-electron chi connectivity index (χ2n) is 4.64. The summed E-state index contributed by atoms with van der Waals surface area (Å²) in [6.45, 7) is 6.87. The number of nitrogens with two attached hydrogens (primary N) is 1. The lowest BCUT2D eigenvalue weighted by molar-refractivity contribution is 0.243. The topological polar surface area (TPSA) is 51.0 Å². The second-order valence-corrected chi connectivity index (χ2v) is 4.64. The number of aromatic nitrogens is 1. The first-order chi connectivity index (χ1) is 8.11. The molecule has 3 nitrogen and oxygen atoms in total. The van der Waals surface area contributed by atoms with Gasteiger partial charge in [-0.2, -0.15) is 0 Å². The first-order valence-electron chi connectivity index (χ1n) is 6.09. The Morgan fingerprint density at radius 2 is 2.12 bits per heavy atom. The zero-order chi connectivity index (χ0) is 12.4. The number of aromatic amines is 1. The van der Waals surface area contributed by atoms with Gasteiger partial charge in [-0.25, -0.2) is 0 Å². The van der Waals surface area contributed by atoms with Crippen LogP contribution in [0.25, 0.3) is 10.9 Å². The maximum absolute atomic E-state index is 5.71. The van der Waals surface area contributed by atoms with E-state index in [2.05, 4.69) is 24.0 Å². The molecule has 0 fully saturated rings. The van der Waals surface area contributed by atoms with Crippen LogP contribution in [0.5, 0.6) is 5.75 Å². The van der Waals surface area contributed by atoms with Crippen molar-refractivity contribution in [1.82, 2.24) is 4.98 Å². The molecule has 92 valence electrons. The Bertz CT molecular complexity index is 514. The fourth-order valence-electron chi connectivity index (χ4n) is 2.10. The van der Waals surface area contributed by atoms with Gasteiger partial charge in [0.15, 0.2) is 0 Å². The van der Waals surface area contributed by atoms with Crippen LogP contribution < -0.4 is 10.5 Å². The van der Waals surface area contributed by atoms with Gasteiger partial charge in [-0.3, -0.25) is 0 Å². The Morgan fingerprint density at radius 1 is 1.35 bits per heavy atom. The van der Waals surface area contributed by atoms with Crippen LogP contribution in [0, 0.1) is 6.92 Å². The van der Waals surface area contributed by atoms with E-state index in [4.69, 9.17) is 10.5 Å². The standard InChI is InChI=1S/C14H20N2O/c1-9(2)17-11-4-5-14-12(8-11)10(3)13(16-14)6-7-15/h4-5,8-9,16H,6-7,15H2,1-3H3. The normalized spacial score (nSPS) is 11.4. The number of benzene rings is 1. The Labute approximate surface area is 102 Å². The molecule has 0 bridgehead atoms. The van der Waals surface area contributed by atoms with Crippen molar-refractivity contribution in [3.63, 3.8) is 0 Å². The molecule has 0 radical (unpaired) electrons. The predicted octanol–water partition coefficient (Wildman–Crippen LogP) is 2.76. The maximum Gasteiger partial charge on any atom is 0.120 e. The molecule has 1 aromatic carbocycles. The van der Waals surface area contributed by atoms with Crippen molar-refractivity contribution in [2.75, 3.05) is 6.54 Å². The van der Waals surface area contributed by atoms with Crippen LogP contribution in [-0.4, -0.2) is 17.6 Å². The highest BCUT2D eigenvalue weighted by Crippen LogP contribution is 2.26. The maximum atomic E-state index is 5.71. The summed E-state index contributed by atoms with van der Waals surface area (Å²) in [7, 11) is 0. The van der Waals surface area contributed by atoms with Gasteiger partial charge in [0.1, 0.15) is 5.75 Å². The van der Waals surface area contributed by atoms with Crippen molar-refractivity contribution in [1.29, 1.82) is 0 Å². The van der Waals surface area contributed by atoms with Crippen LogP contribution in [0.15, 0.2) is 18.2 Å². The minimum absolute atomic E-state index is 0.204. The van der Waals surface area contributed by atoms with Gasteiger partial charge in [0.2, 0.25) is 0 Å². The lowest BCUT2D eigenvalue weighted by Crippen LogP contribution is -2.05. The SMILES string of the molecule is Cc1c(CCN)[nH]c2ccc(OC(C)C)cc12. The molecule has 0 unspecified atom stereocenters. The summed E-state index contributed by atoms with van der Waals surface area (Å²) in [5.74, 6) is 0.925. The number of nitrogens with one attached hydrogen (secondary N) is 1. The molecule has 2 rings (SSSR count). The van der Waals surface area contributed by atoms with Gasteiger partial charge in [0, 0.05) is 23.0 Å². The minimum atomic E-state index is 0.204. The van der Waals surface area contributed by atoms with E-state index in [0.29, 0.717) is 6.54 Å². The molecule has 1 heterocycles. The smallest absolute Gasteiger partial charge is 0.120 e. The molecule has 0 aliphatic carbocycles. The molecular weight excluding hydrogens is 212 g/mol. The number of fused-ring (bicyclic) bond motifs is 1. The summed E-state index contributed by atoms with van der Waals surface area (Å²) in [6, 6.07) is 6.17. The van der Waals surface area contributed by atoms with Gasteiger partial charge in [0.25, 0.3) is 0 Å². The van der Waals surface area contributed by atoms with Crippen molar-refractivity contribution in [3.8, 4) is 5.75 Å². The summed E-state index contributed by atoms with van der Waals surface area (Å²) >= 11 is 0. The molecule has 17 heavy (non-hydrogen) atoms. The van der Waals surface area contributed by atoms with Gasteiger partial charge in [0.05, 0.1) is 6.10 Å². The Morgan fingerprint density at radius 3 is 2.76 bits per heavy atom. The molecule has 1 aromatic heterocycles. The van der Waals surface area contributed by atoms with Gasteiger partial charge in [-0.1, -0.05) is 0 Å². The van der Waals surface area contributed by atoms with Crippen LogP contribution in [-0.2, 0) is 6.42 Å². The fourth-order valence-corrected chi connectivity index (χ4v) is 2.10. The number of aryl methyl sites for hydroxylation is 1. The molecule has 0 spiro atoms. The Balaban J connectivity index is 2.42. The van der Waals surface area contributed by atoms with Crippen molar-refractivity contribution in [2.24, 2.45) is 5.73 Å². The van der Waals surface area contributed by atoms with Crippen LogP contribution in [0.2, 0.25) is 0 Å². The monoisotopic (exact) mass is 232 g/mol. The van der Waals surface area contributed by atoms with Gasteiger partial charge in [-0.05, 0) is 51.1 Å². The third-order valence-electron chi connectivity index (χ3n) is 2.90. The number of hydrogen-bond donors (Lipinski definition) is 2. The van der Waals surface area contributed by atoms with E-state index >= 15 is 0 Å². The highest BCUT2D eigenvalue weighted by Gasteiger charge is 2.08. The molecule has 0 saturated heterocycles. The quantitative estimate of drug-likeness (QED) is 0.851. The summed E-state index contributed by atoms with van der Waals surface area (Å²) in [6.07, 6.45) is 1.09. The molecule has 0 amide bonds. The molecule has 0 aliphatic heterocycles. The molecule has 0 saturated carbocycles. The van der Waals surface area contributed by atoms with Crippen LogP contribution in [0.4, 0.5) is 0 Å². The average Bonchev–Trinajstić information content (AvgIpc) is 2.57. The van der Waals surface area contributed by atoms with E-state index in [0.717, 1.165) is 17.7 Å². The summed E-state index contributed by atoms with van der Waals surface area (Å²) in [5, 5.41) is 1.23. The second kappa shape index (κ2) is 4.80. The summed E-state index contributed by atoms with van der Waals surface area (Å²) in [5.41, 5.74) is 9.26. The minimum Gasteiger partial charge on any atom is -0.491 e. The predicted molar refractivity (Wildman–Crippen MR) is 71.6 cm³/mol. The molecule has 3 N–H and O–H groups in total. The van der Waals surface area contributed by atoms with Crippen molar-refractivity contribution < 1.29 is 4.74 Å². The first-order valence-corrected chi connectivity index (χ1v) is 6.09. The summed E-state index contributed by atoms with van der Waals surface area (Å²) < 4.78 is 5.71. The lowest BCUT2D eigenvalue weighted by atomic mass is 10.1. The lowest BCUT2D eigenvalue weighted by Gasteiger charge is -2.09. The van der Waals surface area contributed by atoms with E-state index in [1.54, 1.807) is 0 Å². The van der Waals surface area contributed by atoms with Gasteiger partial charge in [-0.15, -0.1) is 0 Å².